The zero-order chi connectivity index (χ0) is 30.6. The minimum Gasteiger partial charge on any atom is -0.508 e. The van der Waals surface area contributed by atoms with Gasteiger partial charge in [-0.15, -0.1) is 0 Å². The Kier molecular flexibility index (Phi) is 9.87. The van der Waals surface area contributed by atoms with Gasteiger partial charge in [0.1, 0.15) is 5.76 Å². The average molecular weight is 573 g/mol. The molecule has 0 aromatic heterocycles. The number of aromatic hydroxyl groups is 2. The third-order valence-corrected chi connectivity index (χ3v) is 9.06. The number of hydrogen-bond acceptors (Lipinski definition) is 6. The molecule has 3 aliphatic rings. The molecule has 0 radical (unpaired) electrons. The van der Waals surface area contributed by atoms with Crippen LogP contribution < -0.4 is 9.47 Å². The molecule has 6 nitrogen and oxygen atoms in total. The van der Waals surface area contributed by atoms with Crippen LogP contribution >= 0.6 is 0 Å². The highest BCUT2D eigenvalue weighted by Crippen LogP contribution is 2.58. The van der Waals surface area contributed by atoms with Crippen molar-refractivity contribution in [3.05, 3.63) is 88.7 Å². The van der Waals surface area contributed by atoms with Gasteiger partial charge in [-0.1, -0.05) is 48.4 Å². The van der Waals surface area contributed by atoms with Gasteiger partial charge in [-0.2, -0.15) is 0 Å². The third-order valence-electron chi connectivity index (χ3n) is 9.06. The Morgan fingerprint density at radius 1 is 1.05 bits per heavy atom. The first kappa shape index (κ1) is 31.0. The van der Waals surface area contributed by atoms with Crippen LogP contribution in [0, 0.1) is 29.6 Å². The number of ketones is 1. The number of methoxy groups -OCH3 is 2. The highest BCUT2D eigenvalue weighted by atomic mass is 16.5. The lowest BCUT2D eigenvalue weighted by Crippen LogP contribution is -2.47. The fraction of sp³-hybridized carbons (Fsp3) is 0.417. The fourth-order valence-corrected chi connectivity index (χ4v) is 6.91. The highest BCUT2D eigenvalue weighted by molar-refractivity contribution is 5.94. The van der Waals surface area contributed by atoms with Gasteiger partial charge in [-0.3, -0.25) is 4.79 Å². The van der Waals surface area contributed by atoms with Gasteiger partial charge in [0.05, 0.1) is 14.2 Å². The summed E-state index contributed by atoms with van der Waals surface area (Å²) >= 11 is 0. The van der Waals surface area contributed by atoms with Gasteiger partial charge in [0.2, 0.25) is 0 Å². The van der Waals surface area contributed by atoms with Crippen LogP contribution in [0.3, 0.4) is 0 Å². The first-order chi connectivity index (χ1) is 20.0. The van der Waals surface area contributed by atoms with E-state index in [0.29, 0.717) is 28.9 Å². The number of phenolic OH excluding ortho intramolecular Hbond substituents is 2. The molecule has 0 heterocycles. The molecule has 2 unspecified atom stereocenters. The Balaban J connectivity index is 1.67. The van der Waals surface area contributed by atoms with Crippen LogP contribution in [0.1, 0.15) is 64.0 Å². The van der Waals surface area contributed by atoms with Crippen LogP contribution in [-0.2, 0) is 4.79 Å². The van der Waals surface area contributed by atoms with Gasteiger partial charge in [0.25, 0.3) is 0 Å². The smallest absolute Gasteiger partial charge is 0.163 e. The van der Waals surface area contributed by atoms with Crippen molar-refractivity contribution in [2.45, 2.75) is 52.9 Å². The zero-order valence-corrected chi connectivity index (χ0v) is 25.5. The van der Waals surface area contributed by atoms with Gasteiger partial charge in [-0.05, 0) is 105 Å². The molecule has 6 heteroatoms. The van der Waals surface area contributed by atoms with Crippen LogP contribution in [0.15, 0.2) is 77.6 Å². The molecular formula is C36H44O6. The summed E-state index contributed by atoms with van der Waals surface area (Å²) in [5.74, 6) is 1.20. The largest absolute Gasteiger partial charge is 0.508 e. The maximum atomic E-state index is 14.0. The molecule has 0 amide bonds. The molecule has 0 spiro atoms. The van der Waals surface area contributed by atoms with Crippen molar-refractivity contribution in [3.8, 4) is 23.0 Å². The summed E-state index contributed by atoms with van der Waals surface area (Å²) in [6, 6.07) is 10.3. The normalized spacial score (nSPS) is 24.3. The molecule has 5 rings (SSSR count). The first-order valence-corrected chi connectivity index (χ1v) is 14.7. The van der Waals surface area contributed by atoms with E-state index in [9.17, 15) is 20.1 Å². The van der Waals surface area contributed by atoms with E-state index in [4.69, 9.17) is 9.47 Å². The number of aliphatic hydroxyl groups excluding tert-OH is 1. The summed E-state index contributed by atoms with van der Waals surface area (Å²) in [7, 11) is 3.00. The molecule has 1 fully saturated rings. The summed E-state index contributed by atoms with van der Waals surface area (Å²) in [5, 5.41) is 30.9. The number of benzene rings is 2. The van der Waals surface area contributed by atoms with Gasteiger partial charge in [0, 0.05) is 17.9 Å². The van der Waals surface area contributed by atoms with E-state index < -0.39 is 0 Å². The molecule has 224 valence electrons. The molecule has 2 aromatic rings. The Bertz CT molecular complexity index is 1410. The number of carbonyl (C=O) groups is 1. The predicted molar refractivity (Wildman–Crippen MR) is 167 cm³/mol. The van der Waals surface area contributed by atoms with Crippen LogP contribution in [0.5, 0.6) is 23.0 Å². The third kappa shape index (κ3) is 6.75. The van der Waals surface area contributed by atoms with Gasteiger partial charge in [-0.25, -0.2) is 0 Å². The fourth-order valence-electron chi connectivity index (χ4n) is 6.91. The lowest BCUT2D eigenvalue weighted by Gasteiger charge is -2.52. The lowest BCUT2D eigenvalue weighted by molar-refractivity contribution is -0.123. The molecule has 0 aliphatic heterocycles. The topological polar surface area (TPSA) is 96.2 Å². The number of rotatable bonds is 11. The van der Waals surface area contributed by atoms with E-state index in [1.54, 1.807) is 24.3 Å². The number of allylic oxidation sites excluding steroid dienone is 6. The van der Waals surface area contributed by atoms with Crippen molar-refractivity contribution < 1.29 is 29.6 Å². The minimum absolute atomic E-state index is 0.0295. The molecule has 6 atom stereocenters. The quantitative estimate of drug-likeness (QED) is 0.109. The summed E-state index contributed by atoms with van der Waals surface area (Å²) in [5.41, 5.74) is 4.23. The van der Waals surface area contributed by atoms with E-state index >= 15 is 0 Å². The van der Waals surface area contributed by atoms with Crippen LogP contribution in [-0.4, -0.2) is 35.3 Å². The average Bonchev–Trinajstić information content (AvgIpc) is 2.96. The number of ether oxygens (including phenoxy) is 2. The van der Waals surface area contributed by atoms with Gasteiger partial charge in [0.15, 0.2) is 28.8 Å². The first-order valence-electron chi connectivity index (χ1n) is 14.7. The second kappa shape index (κ2) is 13.4. The SMILES string of the molecule is COc1cc(/C=C/C(O)=C/C(=O)[C@H]2C3C[C@H]([C@@H](C)CCC=C(C)C)C(C=C3C)[C@@H]2c2ccc(O)c(OC)c2)ccc1O. The van der Waals surface area contributed by atoms with Crippen LogP contribution in [0.4, 0.5) is 0 Å². The lowest BCUT2D eigenvalue weighted by atomic mass is 9.51. The summed E-state index contributed by atoms with van der Waals surface area (Å²) in [4.78, 5) is 14.0. The number of fused-ring (bicyclic) bond motifs is 2. The Hall–Kier alpha value is -3.93. The molecule has 0 saturated heterocycles. The van der Waals surface area contributed by atoms with Crippen LogP contribution in [0.2, 0.25) is 0 Å². The second-order valence-electron chi connectivity index (χ2n) is 12.0. The van der Waals surface area contributed by atoms with Crippen molar-refractivity contribution in [1.82, 2.24) is 0 Å². The number of aliphatic hydroxyl groups is 1. The standard InChI is InChI=1S/C36H44O6/c1-21(2)8-7-9-22(3)27-20-28-23(4)16-29(27)35(25-12-15-31(39)34(18-25)42-6)36(28)32(40)19-26(37)13-10-24-11-14-30(38)33(17-24)41-5/h8,10-19,22,27-29,35-39H,7,9,20H2,1-6H3/b13-10+,26-19-/t22-,27+,28?,29?,35-,36+/m0/s1. The Morgan fingerprint density at radius 2 is 1.71 bits per heavy atom. The van der Waals surface area contributed by atoms with E-state index in [0.717, 1.165) is 24.8 Å². The summed E-state index contributed by atoms with van der Waals surface area (Å²) in [6.07, 6.45) is 12.2. The van der Waals surface area contributed by atoms with Crippen molar-refractivity contribution in [1.29, 1.82) is 0 Å². The maximum absolute atomic E-state index is 14.0. The molecule has 3 aliphatic carbocycles. The van der Waals surface area contributed by atoms with Crippen LogP contribution in [0.25, 0.3) is 6.08 Å². The van der Waals surface area contributed by atoms with Gasteiger partial charge >= 0.3 is 0 Å². The van der Waals surface area contributed by atoms with Crippen molar-refractivity contribution in [2.24, 2.45) is 29.6 Å². The number of carbonyl (C=O) groups excluding carboxylic acids is 1. The van der Waals surface area contributed by atoms with Crippen molar-refractivity contribution >= 4 is 11.9 Å². The highest BCUT2D eigenvalue weighted by Gasteiger charge is 2.51. The maximum Gasteiger partial charge on any atom is 0.163 e. The number of hydrogen-bond donors (Lipinski definition) is 3. The molecular weight excluding hydrogens is 528 g/mol. The summed E-state index contributed by atoms with van der Waals surface area (Å²) < 4.78 is 10.6. The second-order valence-corrected chi connectivity index (χ2v) is 12.0. The van der Waals surface area contributed by atoms with E-state index in [-0.39, 0.29) is 46.7 Å². The summed E-state index contributed by atoms with van der Waals surface area (Å²) in [6.45, 7) is 8.71. The van der Waals surface area contributed by atoms with E-state index in [2.05, 4.69) is 39.8 Å². The van der Waals surface area contributed by atoms with Crippen molar-refractivity contribution in [3.63, 3.8) is 0 Å². The van der Waals surface area contributed by atoms with Crippen molar-refractivity contribution in [2.75, 3.05) is 14.2 Å². The molecule has 3 N–H and O–H groups in total. The Morgan fingerprint density at radius 3 is 2.38 bits per heavy atom. The number of phenols is 2. The molecule has 2 bridgehead atoms. The Labute approximate surface area is 249 Å². The monoisotopic (exact) mass is 572 g/mol. The zero-order valence-electron chi connectivity index (χ0n) is 25.5. The van der Waals surface area contributed by atoms with E-state index in [1.807, 2.05) is 12.1 Å². The minimum atomic E-state index is -0.347. The van der Waals surface area contributed by atoms with Gasteiger partial charge < -0.3 is 24.8 Å². The molecule has 42 heavy (non-hydrogen) atoms. The molecule has 2 aromatic carbocycles. The molecule has 1 saturated carbocycles. The predicted octanol–water partition coefficient (Wildman–Crippen LogP) is 8.13. The van der Waals surface area contributed by atoms with E-state index in [1.165, 1.54) is 43.6 Å².